The Bertz CT molecular complexity index is 1290. The molecule has 1 aliphatic rings. The Balaban J connectivity index is 1.65. The van der Waals surface area contributed by atoms with Crippen molar-refractivity contribution in [2.24, 2.45) is 0 Å². The number of carbonyl (C=O) groups is 1. The number of fused-ring (bicyclic) bond motifs is 1. The Morgan fingerprint density at radius 2 is 1.65 bits per heavy atom. The van der Waals surface area contributed by atoms with Gasteiger partial charge in [-0.3, -0.25) is 9.69 Å². The molecule has 1 aliphatic heterocycles. The number of piperidine rings is 1. The van der Waals surface area contributed by atoms with Crippen molar-refractivity contribution in [3.63, 3.8) is 0 Å². The lowest BCUT2D eigenvalue weighted by Gasteiger charge is -2.34. The number of rotatable bonds is 6. The Morgan fingerprint density at radius 1 is 0.941 bits per heavy atom. The number of likely N-dealkylation sites (tertiary alicyclic amines) is 1. The number of nitrogens with one attached hydrogen (secondary N) is 1. The van der Waals surface area contributed by atoms with Gasteiger partial charge in [0.15, 0.2) is 5.76 Å². The number of furan rings is 1. The molecule has 0 aliphatic carbocycles. The van der Waals surface area contributed by atoms with E-state index in [2.05, 4.69) is 16.3 Å². The average Bonchev–Trinajstić information content (AvgIpc) is 3.23. The second kappa shape index (κ2) is 9.74. The summed E-state index contributed by atoms with van der Waals surface area (Å²) in [5, 5.41) is 4.09. The largest absolute Gasteiger partial charge is 0.496 e. The van der Waals surface area contributed by atoms with E-state index in [4.69, 9.17) is 9.15 Å². The minimum Gasteiger partial charge on any atom is -0.496 e. The highest BCUT2D eigenvalue weighted by molar-refractivity contribution is 6.09. The molecule has 1 N–H and O–H groups in total. The van der Waals surface area contributed by atoms with Gasteiger partial charge in [-0.25, -0.2) is 0 Å². The Labute approximate surface area is 200 Å². The van der Waals surface area contributed by atoms with Crippen LogP contribution in [0.1, 0.15) is 52.5 Å². The smallest absolute Gasteiger partial charge is 0.255 e. The summed E-state index contributed by atoms with van der Waals surface area (Å²) in [6.45, 7) is 3.94. The van der Waals surface area contributed by atoms with E-state index in [1.807, 2.05) is 73.7 Å². The predicted molar refractivity (Wildman–Crippen MR) is 136 cm³/mol. The fourth-order valence-corrected chi connectivity index (χ4v) is 4.85. The molecule has 1 atom stereocenters. The van der Waals surface area contributed by atoms with Crippen molar-refractivity contribution in [3.05, 3.63) is 95.2 Å². The van der Waals surface area contributed by atoms with Gasteiger partial charge in [-0.1, -0.05) is 54.4 Å². The quantitative estimate of drug-likeness (QED) is 0.358. The maximum absolute atomic E-state index is 13.3. The summed E-state index contributed by atoms with van der Waals surface area (Å²) >= 11 is 0. The van der Waals surface area contributed by atoms with Crippen LogP contribution >= 0.6 is 0 Å². The van der Waals surface area contributed by atoms with Gasteiger partial charge in [0.05, 0.1) is 18.8 Å². The predicted octanol–water partition coefficient (Wildman–Crippen LogP) is 6.58. The molecule has 34 heavy (non-hydrogen) atoms. The SMILES string of the molecule is COc1ccccc1[C@H](c1oc2ccccc2c1NC(=O)c1ccc(C)cc1)N1CCCCC1. The standard InChI is InChI=1S/C29H30N2O3/c1-20-14-16-21(17-15-20)29(32)30-26-22-10-4-7-13-25(22)34-28(26)27(31-18-8-3-9-19-31)23-11-5-6-12-24(23)33-2/h4-7,10-17,27H,3,8-9,18-19H2,1-2H3,(H,30,32)/t27-/m1/s1. The van der Waals surface area contributed by atoms with Gasteiger partial charge in [0.25, 0.3) is 5.91 Å². The van der Waals surface area contributed by atoms with E-state index >= 15 is 0 Å². The molecule has 1 amide bonds. The van der Waals surface area contributed by atoms with Crippen molar-refractivity contribution in [2.45, 2.75) is 32.2 Å². The van der Waals surface area contributed by atoms with E-state index in [0.29, 0.717) is 5.56 Å². The van der Waals surface area contributed by atoms with Gasteiger partial charge in [-0.15, -0.1) is 0 Å². The highest BCUT2D eigenvalue weighted by Crippen LogP contribution is 2.43. The van der Waals surface area contributed by atoms with E-state index < -0.39 is 0 Å². The number of para-hydroxylation sites is 2. The summed E-state index contributed by atoms with van der Waals surface area (Å²) in [7, 11) is 1.70. The first kappa shape index (κ1) is 22.2. The molecule has 5 rings (SSSR count). The van der Waals surface area contributed by atoms with Crippen molar-refractivity contribution in [3.8, 4) is 5.75 Å². The minimum absolute atomic E-state index is 0.148. The zero-order chi connectivity index (χ0) is 23.5. The molecule has 1 aromatic heterocycles. The summed E-state index contributed by atoms with van der Waals surface area (Å²) in [4.78, 5) is 15.7. The van der Waals surface area contributed by atoms with Crippen molar-refractivity contribution < 1.29 is 13.9 Å². The number of carbonyl (C=O) groups excluding carboxylic acids is 1. The first-order chi connectivity index (χ1) is 16.7. The van der Waals surface area contributed by atoms with Gasteiger partial charge in [0.1, 0.15) is 11.3 Å². The normalized spacial score (nSPS) is 15.2. The van der Waals surface area contributed by atoms with Gasteiger partial charge in [0.2, 0.25) is 0 Å². The zero-order valence-electron chi connectivity index (χ0n) is 19.7. The number of aryl methyl sites for hydroxylation is 1. The maximum Gasteiger partial charge on any atom is 0.255 e. The van der Waals surface area contributed by atoms with Crippen LogP contribution in [0.4, 0.5) is 5.69 Å². The Morgan fingerprint density at radius 3 is 2.41 bits per heavy atom. The summed E-state index contributed by atoms with van der Waals surface area (Å²) < 4.78 is 12.3. The van der Waals surface area contributed by atoms with E-state index in [-0.39, 0.29) is 11.9 Å². The van der Waals surface area contributed by atoms with Gasteiger partial charge >= 0.3 is 0 Å². The number of benzene rings is 3. The van der Waals surface area contributed by atoms with Gasteiger partial charge < -0.3 is 14.5 Å². The molecule has 0 radical (unpaired) electrons. The Kier molecular flexibility index (Phi) is 6.37. The van der Waals surface area contributed by atoms with E-state index in [1.165, 1.54) is 6.42 Å². The lowest BCUT2D eigenvalue weighted by molar-refractivity contribution is 0.102. The van der Waals surface area contributed by atoms with Gasteiger partial charge in [0, 0.05) is 16.5 Å². The van der Waals surface area contributed by atoms with E-state index in [9.17, 15) is 4.79 Å². The molecule has 174 valence electrons. The van der Waals surface area contributed by atoms with E-state index in [1.54, 1.807) is 7.11 Å². The number of hydrogen-bond donors (Lipinski definition) is 1. The van der Waals surface area contributed by atoms with Crippen LogP contribution in [-0.2, 0) is 0 Å². The molecule has 0 bridgehead atoms. The fraction of sp³-hybridized carbons (Fsp3) is 0.276. The summed E-state index contributed by atoms with van der Waals surface area (Å²) in [5.41, 5.74) is 4.26. The fourth-order valence-electron chi connectivity index (χ4n) is 4.85. The number of amides is 1. The molecule has 5 heteroatoms. The Hall–Kier alpha value is -3.57. The number of hydrogen-bond acceptors (Lipinski definition) is 4. The lowest BCUT2D eigenvalue weighted by Crippen LogP contribution is -2.34. The van der Waals surface area contributed by atoms with Crippen LogP contribution in [0.2, 0.25) is 0 Å². The third-order valence-electron chi connectivity index (χ3n) is 6.61. The van der Waals surface area contributed by atoms with Crippen LogP contribution in [0.15, 0.2) is 77.2 Å². The number of anilines is 1. The number of ether oxygens (including phenoxy) is 1. The highest BCUT2D eigenvalue weighted by atomic mass is 16.5. The third-order valence-corrected chi connectivity index (χ3v) is 6.61. The van der Waals surface area contributed by atoms with Crippen molar-refractivity contribution in [2.75, 3.05) is 25.5 Å². The van der Waals surface area contributed by atoms with Crippen LogP contribution in [0, 0.1) is 6.92 Å². The lowest BCUT2D eigenvalue weighted by atomic mass is 9.97. The van der Waals surface area contributed by atoms with Crippen molar-refractivity contribution in [1.29, 1.82) is 0 Å². The second-order valence-electron chi connectivity index (χ2n) is 8.90. The molecule has 0 saturated carbocycles. The van der Waals surface area contributed by atoms with Crippen LogP contribution in [0.3, 0.4) is 0 Å². The zero-order valence-corrected chi connectivity index (χ0v) is 19.7. The maximum atomic E-state index is 13.3. The molecule has 3 aromatic carbocycles. The molecule has 0 spiro atoms. The molecular weight excluding hydrogens is 424 g/mol. The molecule has 1 saturated heterocycles. The van der Waals surface area contributed by atoms with Gasteiger partial charge in [-0.05, 0) is 63.2 Å². The topological polar surface area (TPSA) is 54.7 Å². The third kappa shape index (κ3) is 4.31. The molecular formula is C29H30N2O3. The highest BCUT2D eigenvalue weighted by Gasteiger charge is 2.33. The molecule has 4 aromatic rings. The molecule has 0 unspecified atom stereocenters. The number of methoxy groups -OCH3 is 1. The first-order valence-corrected chi connectivity index (χ1v) is 11.9. The van der Waals surface area contributed by atoms with Crippen LogP contribution in [0.5, 0.6) is 5.75 Å². The average molecular weight is 455 g/mol. The van der Waals surface area contributed by atoms with Gasteiger partial charge in [-0.2, -0.15) is 0 Å². The van der Waals surface area contributed by atoms with Crippen molar-refractivity contribution >= 4 is 22.6 Å². The monoisotopic (exact) mass is 454 g/mol. The van der Waals surface area contributed by atoms with Crippen LogP contribution in [0.25, 0.3) is 11.0 Å². The minimum atomic E-state index is -0.169. The van der Waals surface area contributed by atoms with Crippen molar-refractivity contribution in [1.82, 2.24) is 4.90 Å². The first-order valence-electron chi connectivity index (χ1n) is 11.9. The molecule has 5 nitrogen and oxygen atoms in total. The van der Waals surface area contributed by atoms with Crippen LogP contribution in [-0.4, -0.2) is 31.0 Å². The second-order valence-corrected chi connectivity index (χ2v) is 8.90. The molecule has 1 fully saturated rings. The van der Waals surface area contributed by atoms with E-state index in [0.717, 1.165) is 65.2 Å². The van der Waals surface area contributed by atoms with Crippen LogP contribution < -0.4 is 10.1 Å². The summed E-state index contributed by atoms with van der Waals surface area (Å²) in [6.07, 6.45) is 3.50. The summed E-state index contributed by atoms with van der Waals surface area (Å²) in [6, 6.07) is 23.4. The summed E-state index contributed by atoms with van der Waals surface area (Å²) in [5.74, 6) is 1.41. The number of nitrogens with zero attached hydrogens (tertiary/aromatic N) is 1. The molecule has 2 heterocycles.